The Kier molecular flexibility index (Phi) is 8.48. The molecule has 2 heterocycles. The van der Waals surface area contributed by atoms with Crippen molar-refractivity contribution >= 4 is 33.8 Å². The first-order valence-electron chi connectivity index (χ1n) is 13.1. The highest BCUT2D eigenvalue weighted by Gasteiger charge is 2.51. The van der Waals surface area contributed by atoms with Gasteiger partial charge in [0.05, 0.1) is 19.6 Å². The molecular formula is C31H30BrN5O3. The van der Waals surface area contributed by atoms with Gasteiger partial charge in [0.15, 0.2) is 0 Å². The third-order valence-electron chi connectivity index (χ3n) is 7.13. The monoisotopic (exact) mass is 599 g/mol. The zero-order chi connectivity index (χ0) is 28.1. The van der Waals surface area contributed by atoms with Gasteiger partial charge in [-0.05, 0) is 28.8 Å². The van der Waals surface area contributed by atoms with Crippen LogP contribution < -0.4 is 5.32 Å². The lowest BCUT2D eigenvalue weighted by Gasteiger charge is -2.55. The first kappa shape index (κ1) is 27.4. The smallest absolute Gasteiger partial charge is 0.333 e. The number of benzene rings is 3. The predicted octanol–water partition coefficient (Wildman–Crippen LogP) is 3.63. The third-order valence-corrected chi connectivity index (χ3v) is 7.63. The van der Waals surface area contributed by atoms with Gasteiger partial charge in [-0.2, -0.15) is 5.01 Å². The highest BCUT2D eigenvalue weighted by atomic mass is 79.9. The molecule has 0 bridgehead atoms. The van der Waals surface area contributed by atoms with E-state index in [0.29, 0.717) is 19.5 Å². The summed E-state index contributed by atoms with van der Waals surface area (Å²) in [5.41, 5.74) is 2.82. The second-order valence-electron chi connectivity index (χ2n) is 9.85. The molecule has 3 aromatic carbocycles. The zero-order valence-corrected chi connectivity index (χ0v) is 23.5. The van der Waals surface area contributed by atoms with Crippen LogP contribution in [0.4, 0.5) is 4.79 Å². The quantitative estimate of drug-likeness (QED) is 0.421. The SMILES string of the molecule is C#CCN1CC(=O)N2[C@@H](Cc3ccccc3)C(=O)N(Cc3cccc(Br)c3)C[C@@H]2N1C(=O)NCc1ccccc1. The van der Waals surface area contributed by atoms with Crippen LogP contribution in [0.15, 0.2) is 89.4 Å². The van der Waals surface area contributed by atoms with Crippen molar-refractivity contribution in [3.63, 3.8) is 0 Å². The van der Waals surface area contributed by atoms with E-state index in [1.54, 1.807) is 14.8 Å². The number of carbonyl (C=O) groups is 3. The molecule has 0 aromatic heterocycles. The molecule has 2 atom stereocenters. The summed E-state index contributed by atoms with van der Waals surface area (Å²) in [4.78, 5) is 44.6. The summed E-state index contributed by atoms with van der Waals surface area (Å²) in [5.74, 6) is 2.19. The number of nitrogens with one attached hydrogen (secondary N) is 1. The van der Waals surface area contributed by atoms with Gasteiger partial charge < -0.3 is 15.1 Å². The lowest BCUT2D eigenvalue weighted by Crippen LogP contribution is -2.76. The first-order chi connectivity index (χ1) is 19.4. The molecule has 0 saturated carbocycles. The molecule has 4 amide bonds. The van der Waals surface area contributed by atoms with Crippen molar-refractivity contribution in [1.82, 2.24) is 25.1 Å². The number of piperazine rings is 1. The number of halogens is 1. The predicted molar refractivity (Wildman–Crippen MR) is 155 cm³/mol. The van der Waals surface area contributed by atoms with Crippen LogP contribution >= 0.6 is 15.9 Å². The number of carbonyl (C=O) groups excluding carboxylic acids is 3. The van der Waals surface area contributed by atoms with Gasteiger partial charge in [0.1, 0.15) is 12.2 Å². The average Bonchev–Trinajstić information content (AvgIpc) is 2.95. The van der Waals surface area contributed by atoms with Crippen molar-refractivity contribution < 1.29 is 14.4 Å². The molecule has 0 aliphatic carbocycles. The number of rotatable bonds is 7. The summed E-state index contributed by atoms with van der Waals surface area (Å²) in [7, 11) is 0. The van der Waals surface area contributed by atoms with Crippen LogP contribution in [0, 0.1) is 12.3 Å². The van der Waals surface area contributed by atoms with Crippen molar-refractivity contribution in [3.05, 3.63) is 106 Å². The molecular weight excluding hydrogens is 570 g/mol. The molecule has 2 fully saturated rings. The van der Waals surface area contributed by atoms with Crippen LogP contribution in [-0.2, 0) is 29.1 Å². The summed E-state index contributed by atoms with van der Waals surface area (Å²) in [6.07, 6.45) is 5.27. The minimum Gasteiger partial charge on any atom is -0.333 e. The Hall–Kier alpha value is -4.13. The van der Waals surface area contributed by atoms with Crippen LogP contribution in [0.5, 0.6) is 0 Å². The van der Waals surface area contributed by atoms with Gasteiger partial charge in [-0.15, -0.1) is 6.42 Å². The van der Waals surface area contributed by atoms with Crippen LogP contribution in [-0.4, -0.2) is 69.5 Å². The van der Waals surface area contributed by atoms with E-state index in [4.69, 9.17) is 6.42 Å². The summed E-state index contributed by atoms with van der Waals surface area (Å²) in [6.45, 7) is 0.801. The maximum atomic E-state index is 14.0. The highest BCUT2D eigenvalue weighted by Crippen LogP contribution is 2.29. The molecule has 9 heteroatoms. The number of terminal acetylenes is 1. The Morgan fingerprint density at radius 1 is 0.950 bits per heavy atom. The highest BCUT2D eigenvalue weighted by molar-refractivity contribution is 9.10. The molecule has 2 aliphatic heterocycles. The van der Waals surface area contributed by atoms with E-state index in [2.05, 4.69) is 27.2 Å². The minimum atomic E-state index is -0.766. The largest absolute Gasteiger partial charge is 0.334 e. The molecule has 1 N–H and O–H groups in total. The molecule has 0 spiro atoms. The van der Waals surface area contributed by atoms with Crippen LogP contribution in [0.1, 0.15) is 16.7 Å². The summed E-state index contributed by atoms with van der Waals surface area (Å²) in [6, 6.07) is 25.9. The first-order valence-corrected chi connectivity index (χ1v) is 13.9. The van der Waals surface area contributed by atoms with Crippen molar-refractivity contribution in [2.75, 3.05) is 19.6 Å². The van der Waals surface area contributed by atoms with Crippen LogP contribution in [0.2, 0.25) is 0 Å². The number of hydrogen-bond donors (Lipinski definition) is 1. The second-order valence-corrected chi connectivity index (χ2v) is 10.8. The Morgan fingerprint density at radius 3 is 2.30 bits per heavy atom. The summed E-state index contributed by atoms with van der Waals surface area (Å²) in [5, 5.41) is 6.11. The Morgan fingerprint density at radius 2 is 1.62 bits per heavy atom. The van der Waals surface area contributed by atoms with E-state index in [9.17, 15) is 14.4 Å². The van der Waals surface area contributed by atoms with E-state index in [1.165, 1.54) is 5.01 Å². The maximum Gasteiger partial charge on any atom is 0.334 e. The molecule has 204 valence electrons. The Labute approximate surface area is 242 Å². The number of nitrogens with zero attached hydrogens (tertiary/aromatic N) is 4. The van der Waals surface area contributed by atoms with Gasteiger partial charge in [-0.1, -0.05) is 94.6 Å². The van der Waals surface area contributed by atoms with Crippen molar-refractivity contribution in [3.8, 4) is 12.3 Å². The van der Waals surface area contributed by atoms with Gasteiger partial charge in [-0.3, -0.25) is 9.59 Å². The second kappa shape index (κ2) is 12.4. The number of amides is 4. The standard InChI is InChI=1S/C31H30BrN5O3/c1-2-16-35-22-29(38)36-27(18-23-10-5-3-6-11-23)30(39)34(20-25-14-9-15-26(32)17-25)21-28(36)37(35)31(40)33-19-24-12-7-4-8-13-24/h1,3-15,17,27-28H,16,18-22H2,(H,33,40)/t27-,28-/m0/s1. The van der Waals surface area contributed by atoms with E-state index in [1.807, 2.05) is 84.9 Å². The van der Waals surface area contributed by atoms with Crippen LogP contribution in [0.3, 0.4) is 0 Å². The maximum absolute atomic E-state index is 14.0. The van der Waals surface area contributed by atoms with E-state index in [-0.39, 0.29) is 37.5 Å². The average molecular weight is 601 g/mol. The molecule has 3 aromatic rings. The fourth-order valence-corrected chi connectivity index (χ4v) is 5.77. The minimum absolute atomic E-state index is 0.0811. The zero-order valence-electron chi connectivity index (χ0n) is 21.9. The molecule has 8 nitrogen and oxygen atoms in total. The molecule has 0 unspecified atom stereocenters. The molecule has 2 aliphatic rings. The number of hydrazine groups is 1. The van der Waals surface area contributed by atoms with Crippen molar-refractivity contribution in [2.24, 2.45) is 0 Å². The fraction of sp³-hybridized carbons (Fsp3) is 0.258. The summed E-state index contributed by atoms with van der Waals surface area (Å²) >= 11 is 3.51. The Bertz CT molecular complexity index is 1410. The fourth-order valence-electron chi connectivity index (χ4n) is 5.33. The lowest BCUT2D eigenvalue weighted by atomic mass is 9.98. The van der Waals surface area contributed by atoms with Gasteiger partial charge >= 0.3 is 6.03 Å². The van der Waals surface area contributed by atoms with E-state index < -0.39 is 12.2 Å². The number of hydrogen-bond acceptors (Lipinski definition) is 4. The van der Waals surface area contributed by atoms with Crippen molar-refractivity contribution in [2.45, 2.75) is 31.7 Å². The van der Waals surface area contributed by atoms with Gasteiger partial charge in [0, 0.05) is 24.0 Å². The summed E-state index contributed by atoms with van der Waals surface area (Å²) < 4.78 is 0.909. The molecule has 0 radical (unpaired) electrons. The van der Waals surface area contributed by atoms with Gasteiger partial charge in [-0.25, -0.2) is 9.80 Å². The third kappa shape index (κ3) is 6.03. The van der Waals surface area contributed by atoms with E-state index in [0.717, 1.165) is 21.2 Å². The molecule has 2 saturated heterocycles. The normalized spacial score (nSPS) is 19.2. The number of fused-ring (bicyclic) bond motifs is 1. The number of urea groups is 1. The molecule has 5 rings (SSSR count). The van der Waals surface area contributed by atoms with Crippen molar-refractivity contribution in [1.29, 1.82) is 0 Å². The molecule has 40 heavy (non-hydrogen) atoms. The van der Waals surface area contributed by atoms with E-state index >= 15 is 0 Å². The Balaban J connectivity index is 1.49. The van der Waals surface area contributed by atoms with Crippen LogP contribution in [0.25, 0.3) is 0 Å². The topological polar surface area (TPSA) is 76.2 Å². The van der Waals surface area contributed by atoms with Gasteiger partial charge in [0.25, 0.3) is 0 Å². The lowest BCUT2D eigenvalue weighted by molar-refractivity contribution is -0.189. The van der Waals surface area contributed by atoms with Gasteiger partial charge in [0.2, 0.25) is 11.8 Å².